The molecule has 0 aliphatic carbocycles. The van der Waals surface area contributed by atoms with Gasteiger partial charge in [0, 0.05) is 37.3 Å². The molecule has 2 heterocycles. The molecule has 0 bridgehead atoms. The number of piperazine rings is 1. The SMILES string of the molecule is Cc1c(C=CCCCCCCN2CCN(C(=O)S)CC2)c(O)n(-c2ccc(C#N)c(C(F)(F)F)c2)c1O. The molecular weight excluding hydrogens is 505 g/mol. The van der Waals surface area contributed by atoms with Crippen molar-refractivity contribution in [2.45, 2.75) is 45.2 Å². The highest BCUT2D eigenvalue weighted by Gasteiger charge is 2.34. The number of unbranched alkanes of at least 4 members (excludes halogenated alkanes) is 4. The maximum atomic E-state index is 13.4. The first-order valence-corrected chi connectivity index (χ1v) is 12.6. The van der Waals surface area contributed by atoms with Gasteiger partial charge >= 0.3 is 6.18 Å². The van der Waals surface area contributed by atoms with Crippen molar-refractivity contribution in [2.75, 3.05) is 32.7 Å². The molecule has 37 heavy (non-hydrogen) atoms. The van der Waals surface area contributed by atoms with Crippen molar-refractivity contribution >= 4 is 23.9 Å². The Hall–Kier alpha value is -3.10. The lowest BCUT2D eigenvalue weighted by molar-refractivity contribution is -0.137. The summed E-state index contributed by atoms with van der Waals surface area (Å²) in [7, 11) is 0. The first-order valence-electron chi connectivity index (χ1n) is 12.2. The summed E-state index contributed by atoms with van der Waals surface area (Å²) < 4.78 is 41.0. The highest BCUT2D eigenvalue weighted by Crippen LogP contribution is 2.39. The fourth-order valence-corrected chi connectivity index (χ4v) is 4.64. The van der Waals surface area contributed by atoms with Crippen LogP contribution in [0.2, 0.25) is 0 Å². The molecule has 1 aromatic carbocycles. The number of aromatic hydroxyl groups is 2. The van der Waals surface area contributed by atoms with Crippen molar-refractivity contribution in [3.63, 3.8) is 0 Å². The van der Waals surface area contributed by atoms with E-state index in [2.05, 4.69) is 17.5 Å². The molecule has 1 amide bonds. The third-order valence-electron chi connectivity index (χ3n) is 6.61. The van der Waals surface area contributed by atoms with Gasteiger partial charge in [0.2, 0.25) is 11.8 Å². The zero-order valence-electron chi connectivity index (χ0n) is 20.6. The van der Waals surface area contributed by atoms with Crippen molar-refractivity contribution in [1.82, 2.24) is 14.4 Å². The summed E-state index contributed by atoms with van der Waals surface area (Å²) in [5.41, 5.74) is -1.10. The average molecular weight is 537 g/mol. The fourth-order valence-electron chi connectivity index (χ4n) is 4.44. The number of allylic oxidation sites excluding steroid dienone is 1. The highest BCUT2D eigenvalue weighted by molar-refractivity contribution is 7.96. The molecule has 0 saturated carbocycles. The van der Waals surface area contributed by atoms with Crippen LogP contribution in [-0.2, 0) is 6.18 Å². The first-order chi connectivity index (χ1) is 17.5. The second-order valence-electron chi connectivity index (χ2n) is 9.08. The number of nitriles is 1. The maximum Gasteiger partial charge on any atom is 0.417 e. The van der Waals surface area contributed by atoms with Gasteiger partial charge in [0.05, 0.1) is 22.9 Å². The molecule has 1 fully saturated rings. The number of hydrogen-bond donors (Lipinski definition) is 3. The van der Waals surface area contributed by atoms with Gasteiger partial charge in [-0.15, -0.1) is 0 Å². The van der Waals surface area contributed by atoms with Crippen LogP contribution in [-0.4, -0.2) is 62.5 Å². The summed E-state index contributed by atoms with van der Waals surface area (Å²) in [6.45, 7) is 5.73. The van der Waals surface area contributed by atoms with Gasteiger partial charge in [0.15, 0.2) is 0 Å². The fraction of sp³-hybridized carbons (Fsp3) is 0.462. The van der Waals surface area contributed by atoms with E-state index in [4.69, 9.17) is 5.26 Å². The third kappa shape index (κ3) is 7.02. The molecule has 11 heteroatoms. The number of amides is 1. The molecule has 1 saturated heterocycles. The average Bonchev–Trinajstić information content (AvgIpc) is 3.07. The Morgan fingerprint density at radius 2 is 1.78 bits per heavy atom. The van der Waals surface area contributed by atoms with Gasteiger partial charge < -0.3 is 15.1 Å². The van der Waals surface area contributed by atoms with Crippen LogP contribution >= 0.6 is 12.6 Å². The van der Waals surface area contributed by atoms with E-state index in [9.17, 15) is 28.2 Å². The van der Waals surface area contributed by atoms with E-state index in [-0.39, 0.29) is 22.7 Å². The normalized spacial score (nSPS) is 14.9. The molecular formula is C26H31F3N4O3S. The van der Waals surface area contributed by atoms with Crippen LogP contribution in [0.25, 0.3) is 11.8 Å². The number of aromatic nitrogens is 1. The molecule has 1 aliphatic rings. The van der Waals surface area contributed by atoms with Crippen LogP contribution < -0.4 is 0 Å². The maximum absolute atomic E-state index is 13.4. The van der Waals surface area contributed by atoms with Crippen molar-refractivity contribution in [3.8, 4) is 23.5 Å². The molecule has 1 aliphatic heterocycles. The number of carbonyl (C=O) groups is 1. The number of nitrogens with zero attached hydrogens (tertiary/aromatic N) is 4. The molecule has 0 spiro atoms. The second kappa shape index (κ2) is 12.4. The number of rotatable bonds is 9. The second-order valence-corrected chi connectivity index (χ2v) is 9.46. The molecule has 7 nitrogen and oxygen atoms in total. The lowest BCUT2D eigenvalue weighted by Crippen LogP contribution is -2.47. The Kier molecular flexibility index (Phi) is 9.56. The molecule has 3 rings (SSSR count). The summed E-state index contributed by atoms with van der Waals surface area (Å²) in [4.78, 5) is 15.3. The molecule has 2 aromatic rings. The number of alkyl halides is 3. The Bertz CT molecular complexity index is 1180. The van der Waals surface area contributed by atoms with Crippen molar-refractivity contribution in [2.24, 2.45) is 0 Å². The summed E-state index contributed by atoms with van der Waals surface area (Å²) in [5, 5.41) is 30.0. The van der Waals surface area contributed by atoms with Gasteiger partial charge in [-0.05, 0) is 50.9 Å². The van der Waals surface area contributed by atoms with Crippen LogP contribution in [0.1, 0.15) is 54.4 Å². The lowest BCUT2D eigenvalue weighted by atomic mass is 10.1. The van der Waals surface area contributed by atoms with E-state index in [0.717, 1.165) is 68.4 Å². The smallest absolute Gasteiger partial charge is 0.417 e. The Labute approximate surface area is 219 Å². The van der Waals surface area contributed by atoms with Crippen LogP contribution in [0.4, 0.5) is 18.0 Å². The number of hydrogen-bond acceptors (Lipinski definition) is 5. The Morgan fingerprint density at radius 1 is 1.11 bits per heavy atom. The minimum Gasteiger partial charge on any atom is -0.494 e. The first kappa shape index (κ1) is 28.5. The monoisotopic (exact) mass is 536 g/mol. The highest BCUT2D eigenvalue weighted by atomic mass is 32.1. The quantitative estimate of drug-likeness (QED) is 0.282. The van der Waals surface area contributed by atoms with E-state index in [0.29, 0.717) is 24.2 Å². The molecule has 0 atom stereocenters. The van der Waals surface area contributed by atoms with E-state index in [1.165, 1.54) is 12.1 Å². The number of thiol groups is 1. The van der Waals surface area contributed by atoms with Gasteiger partial charge in [-0.3, -0.25) is 14.3 Å². The van der Waals surface area contributed by atoms with Gasteiger partial charge in [0.1, 0.15) is 0 Å². The van der Waals surface area contributed by atoms with Crippen LogP contribution in [0.5, 0.6) is 11.8 Å². The third-order valence-corrected chi connectivity index (χ3v) is 6.90. The summed E-state index contributed by atoms with van der Waals surface area (Å²) in [5.74, 6) is -0.738. The van der Waals surface area contributed by atoms with Crippen LogP contribution in [0.15, 0.2) is 24.3 Å². The predicted molar refractivity (Wildman–Crippen MR) is 138 cm³/mol. The molecule has 200 valence electrons. The largest absolute Gasteiger partial charge is 0.494 e. The number of carbonyl (C=O) groups excluding carboxylic acids is 1. The summed E-state index contributed by atoms with van der Waals surface area (Å²) >= 11 is 3.86. The van der Waals surface area contributed by atoms with E-state index in [1.807, 2.05) is 6.08 Å². The van der Waals surface area contributed by atoms with Gasteiger partial charge in [0.25, 0.3) is 5.24 Å². The standard InChI is InChI=1S/C26H31F3N4O3S/c1-18-21(8-6-4-2-3-5-7-11-31-12-14-32(15-13-31)25(36)37)24(35)33(23(18)34)20-10-9-19(17-30)22(16-20)26(27,28)29/h6,8-10,16,34-35H,2-5,7,11-15H2,1H3,(H,36,37). The minimum absolute atomic E-state index is 0.0947. The minimum atomic E-state index is -4.75. The summed E-state index contributed by atoms with van der Waals surface area (Å²) in [6.07, 6.45) is 3.65. The van der Waals surface area contributed by atoms with Crippen LogP contribution in [0.3, 0.4) is 0 Å². The summed E-state index contributed by atoms with van der Waals surface area (Å²) in [6, 6.07) is 4.53. The van der Waals surface area contributed by atoms with E-state index in [1.54, 1.807) is 17.9 Å². The molecule has 2 N–H and O–H groups in total. The predicted octanol–water partition coefficient (Wildman–Crippen LogP) is 5.72. The molecule has 1 aromatic heterocycles. The zero-order valence-corrected chi connectivity index (χ0v) is 21.5. The number of benzene rings is 1. The van der Waals surface area contributed by atoms with Gasteiger partial charge in [-0.2, -0.15) is 18.4 Å². The van der Waals surface area contributed by atoms with Gasteiger partial charge in [-0.1, -0.05) is 37.6 Å². The number of halogens is 3. The van der Waals surface area contributed by atoms with Crippen molar-refractivity contribution in [3.05, 3.63) is 46.5 Å². The van der Waals surface area contributed by atoms with Gasteiger partial charge in [-0.25, -0.2) is 0 Å². The topological polar surface area (TPSA) is 92.7 Å². The lowest BCUT2D eigenvalue weighted by Gasteiger charge is -2.33. The Balaban J connectivity index is 1.53. The van der Waals surface area contributed by atoms with Crippen molar-refractivity contribution < 1.29 is 28.2 Å². The Morgan fingerprint density at radius 3 is 2.41 bits per heavy atom. The zero-order chi connectivity index (χ0) is 27.2. The van der Waals surface area contributed by atoms with Crippen molar-refractivity contribution in [1.29, 1.82) is 5.26 Å². The molecule has 0 radical (unpaired) electrons. The molecule has 0 unspecified atom stereocenters. The van der Waals surface area contributed by atoms with Crippen LogP contribution in [0, 0.1) is 18.3 Å². The van der Waals surface area contributed by atoms with E-state index >= 15 is 0 Å². The van der Waals surface area contributed by atoms with E-state index < -0.39 is 17.3 Å².